The normalized spacial score (nSPS) is 14.0. The molecule has 1 aromatic heterocycles. The van der Waals surface area contributed by atoms with E-state index in [-0.39, 0.29) is 12.0 Å². The topological polar surface area (TPSA) is 87.7 Å². The van der Waals surface area contributed by atoms with Crippen molar-refractivity contribution in [3.63, 3.8) is 0 Å². The summed E-state index contributed by atoms with van der Waals surface area (Å²) in [7, 11) is 0. The van der Waals surface area contributed by atoms with Crippen molar-refractivity contribution in [3.05, 3.63) is 47.3 Å². The molecule has 0 atom stereocenters. The van der Waals surface area contributed by atoms with Crippen molar-refractivity contribution in [3.8, 4) is 0 Å². The Morgan fingerprint density at radius 2 is 1.79 bits per heavy atom. The van der Waals surface area contributed by atoms with Gasteiger partial charge >= 0.3 is 6.09 Å². The summed E-state index contributed by atoms with van der Waals surface area (Å²) in [5.74, 6) is 0.305. The zero-order valence-corrected chi connectivity index (χ0v) is 16.4. The smallest absolute Gasteiger partial charge is 0.409 e. The molecule has 0 unspecified atom stereocenters. The van der Waals surface area contributed by atoms with Crippen LogP contribution < -0.4 is 10.2 Å². The number of piperazine rings is 1. The number of ether oxygens (including phenoxy) is 1. The third kappa shape index (κ3) is 4.39. The molecule has 2 amide bonds. The van der Waals surface area contributed by atoms with E-state index < -0.39 is 0 Å². The monoisotopic (exact) mass is 383 g/mol. The van der Waals surface area contributed by atoms with Gasteiger partial charge in [0.25, 0.3) is 5.91 Å². The second kappa shape index (κ2) is 8.69. The number of benzene rings is 1. The lowest BCUT2D eigenvalue weighted by Crippen LogP contribution is -2.49. The van der Waals surface area contributed by atoms with Crippen molar-refractivity contribution in [1.29, 1.82) is 0 Å². The molecule has 0 aliphatic carbocycles. The first kappa shape index (κ1) is 19.6. The van der Waals surface area contributed by atoms with Crippen molar-refractivity contribution < 1.29 is 14.3 Å². The maximum absolute atomic E-state index is 12.5. The predicted octanol–water partition coefficient (Wildman–Crippen LogP) is 2.62. The molecule has 1 aliphatic heterocycles. The quantitative estimate of drug-likeness (QED) is 0.873. The third-order valence-corrected chi connectivity index (χ3v) is 4.84. The molecule has 0 saturated carbocycles. The van der Waals surface area contributed by atoms with Crippen LogP contribution in [0.2, 0.25) is 0 Å². The van der Waals surface area contributed by atoms with Gasteiger partial charge in [-0.1, -0.05) is 12.1 Å². The largest absolute Gasteiger partial charge is 0.450 e. The molecule has 148 valence electrons. The summed E-state index contributed by atoms with van der Waals surface area (Å²) >= 11 is 0. The van der Waals surface area contributed by atoms with Crippen LogP contribution in [-0.2, 0) is 4.74 Å². The van der Waals surface area contributed by atoms with Crippen molar-refractivity contribution in [1.82, 2.24) is 14.9 Å². The van der Waals surface area contributed by atoms with Crippen LogP contribution >= 0.6 is 0 Å². The molecule has 1 aromatic carbocycles. The molecule has 2 heterocycles. The molecule has 1 fully saturated rings. The Bertz CT molecular complexity index is 845. The first-order valence-electron chi connectivity index (χ1n) is 9.36. The first-order valence-corrected chi connectivity index (χ1v) is 9.36. The van der Waals surface area contributed by atoms with Crippen LogP contribution in [0, 0.1) is 13.8 Å². The Morgan fingerprint density at radius 1 is 1.11 bits per heavy atom. The molecule has 0 bridgehead atoms. The SMILES string of the molecule is CCOC(=O)N1CCN(c2ncc(C(=O)Nc3cccc(C)c3C)cn2)CC1. The highest BCUT2D eigenvalue weighted by atomic mass is 16.6. The highest BCUT2D eigenvalue weighted by Crippen LogP contribution is 2.19. The molecule has 1 aliphatic rings. The summed E-state index contributed by atoms with van der Waals surface area (Å²) in [6.07, 6.45) is 2.77. The summed E-state index contributed by atoms with van der Waals surface area (Å²) in [6.45, 7) is 8.48. The van der Waals surface area contributed by atoms with Crippen molar-refractivity contribution in [2.24, 2.45) is 0 Å². The minimum absolute atomic E-state index is 0.243. The van der Waals surface area contributed by atoms with Gasteiger partial charge in [-0.05, 0) is 38.0 Å². The summed E-state index contributed by atoms with van der Waals surface area (Å²) in [5, 5.41) is 2.91. The molecular formula is C20H25N5O3. The fraction of sp³-hybridized carbons (Fsp3) is 0.400. The molecule has 3 rings (SSSR count). The molecule has 2 aromatic rings. The van der Waals surface area contributed by atoms with Gasteiger partial charge in [-0.25, -0.2) is 14.8 Å². The van der Waals surface area contributed by atoms with Crippen LogP contribution in [0.25, 0.3) is 0 Å². The average molecular weight is 383 g/mol. The minimum Gasteiger partial charge on any atom is -0.450 e. The lowest BCUT2D eigenvalue weighted by molar-refractivity contribution is 0.102. The van der Waals surface area contributed by atoms with E-state index >= 15 is 0 Å². The van der Waals surface area contributed by atoms with Crippen LogP contribution in [-0.4, -0.2) is 59.7 Å². The summed E-state index contributed by atoms with van der Waals surface area (Å²) < 4.78 is 5.02. The van der Waals surface area contributed by atoms with E-state index in [2.05, 4.69) is 15.3 Å². The number of anilines is 2. The van der Waals surface area contributed by atoms with Crippen molar-refractivity contribution in [2.45, 2.75) is 20.8 Å². The third-order valence-electron chi connectivity index (χ3n) is 4.84. The molecule has 8 nitrogen and oxygen atoms in total. The maximum atomic E-state index is 12.5. The zero-order valence-electron chi connectivity index (χ0n) is 16.4. The van der Waals surface area contributed by atoms with Gasteiger partial charge in [0, 0.05) is 44.3 Å². The average Bonchev–Trinajstić information content (AvgIpc) is 2.72. The summed E-state index contributed by atoms with van der Waals surface area (Å²) in [6, 6.07) is 5.79. The number of nitrogens with zero attached hydrogens (tertiary/aromatic N) is 4. The lowest BCUT2D eigenvalue weighted by Gasteiger charge is -2.33. The van der Waals surface area contributed by atoms with Gasteiger partial charge in [0.15, 0.2) is 0 Å². The molecule has 1 N–H and O–H groups in total. The van der Waals surface area contributed by atoms with Gasteiger partial charge < -0.3 is 19.9 Å². The Labute approximate surface area is 164 Å². The fourth-order valence-corrected chi connectivity index (χ4v) is 2.99. The lowest BCUT2D eigenvalue weighted by atomic mass is 10.1. The molecule has 1 saturated heterocycles. The number of aromatic nitrogens is 2. The highest BCUT2D eigenvalue weighted by molar-refractivity contribution is 6.04. The number of hydrogen-bond acceptors (Lipinski definition) is 6. The molecule has 28 heavy (non-hydrogen) atoms. The van der Waals surface area contributed by atoms with Crippen LogP contribution in [0.1, 0.15) is 28.4 Å². The number of rotatable bonds is 4. The second-order valence-corrected chi connectivity index (χ2v) is 6.65. The zero-order chi connectivity index (χ0) is 20.1. The van der Waals surface area contributed by atoms with E-state index in [0.29, 0.717) is 44.3 Å². The predicted molar refractivity (Wildman–Crippen MR) is 107 cm³/mol. The van der Waals surface area contributed by atoms with Gasteiger partial charge in [-0.3, -0.25) is 4.79 Å². The number of carbonyl (C=O) groups excluding carboxylic acids is 2. The molecule has 0 radical (unpaired) electrons. The number of amides is 2. The number of hydrogen-bond donors (Lipinski definition) is 1. The summed E-state index contributed by atoms with van der Waals surface area (Å²) in [4.78, 5) is 36.6. The maximum Gasteiger partial charge on any atom is 0.409 e. The number of aryl methyl sites for hydroxylation is 1. The minimum atomic E-state index is -0.290. The van der Waals surface area contributed by atoms with Crippen molar-refractivity contribution >= 4 is 23.6 Å². The van der Waals surface area contributed by atoms with Crippen molar-refractivity contribution in [2.75, 3.05) is 43.0 Å². The Hall–Kier alpha value is -3.16. The van der Waals surface area contributed by atoms with Crippen LogP contribution in [0.15, 0.2) is 30.6 Å². The number of nitrogens with one attached hydrogen (secondary N) is 1. The van der Waals surface area contributed by atoms with E-state index in [9.17, 15) is 9.59 Å². The van der Waals surface area contributed by atoms with Gasteiger partial charge in [0.05, 0.1) is 12.2 Å². The summed E-state index contributed by atoms with van der Waals surface area (Å²) in [5.41, 5.74) is 3.33. The van der Waals surface area contributed by atoms with E-state index in [4.69, 9.17) is 4.74 Å². The fourth-order valence-electron chi connectivity index (χ4n) is 2.99. The van der Waals surface area contributed by atoms with Gasteiger partial charge in [-0.15, -0.1) is 0 Å². The first-order chi connectivity index (χ1) is 13.5. The molecular weight excluding hydrogens is 358 g/mol. The van der Waals surface area contributed by atoms with E-state index in [0.717, 1.165) is 16.8 Å². The standard InChI is InChI=1S/C20H25N5O3/c1-4-28-20(27)25-10-8-24(9-11-25)19-21-12-16(13-22-19)18(26)23-17-7-5-6-14(2)15(17)3/h5-7,12-13H,4,8-11H2,1-3H3,(H,23,26). The molecule has 0 spiro atoms. The molecule has 8 heteroatoms. The van der Waals surface area contributed by atoms with E-state index in [1.54, 1.807) is 11.8 Å². The van der Waals surface area contributed by atoms with Crippen LogP contribution in [0.5, 0.6) is 0 Å². The van der Waals surface area contributed by atoms with Gasteiger partial charge in [0.2, 0.25) is 5.95 Å². The van der Waals surface area contributed by atoms with Gasteiger partial charge in [-0.2, -0.15) is 0 Å². The Kier molecular flexibility index (Phi) is 6.08. The van der Waals surface area contributed by atoms with Crippen LogP contribution in [0.3, 0.4) is 0 Å². The van der Waals surface area contributed by atoms with Crippen LogP contribution in [0.4, 0.5) is 16.4 Å². The number of carbonyl (C=O) groups is 2. The Balaban J connectivity index is 1.60. The highest BCUT2D eigenvalue weighted by Gasteiger charge is 2.23. The van der Waals surface area contributed by atoms with E-state index in [1.165, 1.54) is 12.4 Å². The van der Waals surface area contributed by atoms with Gasteiger partial charge in [0.1, 0.15) is 0 Å². The van der Waals surface area contributed by atoms with E-state index in [1.807, 2.05) is 36.9 Å². The second-order valence-electron chi connectivity index (χ2n) is 6.65. The Morgan fingerprint density at radius 3 is 2.43 bits per heavy atom.